The Kier molecular flexibility index (Phi) is 4.90. The molecule has 0 aliphatic rings. The number of hydrogen-bond acceptors (Lipinski definition) is 3. The summed E-state index contributed by atoms with van der Waals surface area (Å²) in [5.74, 6) is 0. The molecule has 0 fully saturated rings. The minimum absolute atomic E-state index is 0.607. The van der Waals surface area contributed by atoms with Crippen LogP contribution in [0.2, 0.25) is 0 Å². The van der Waals surface area contributed by atoms with Gasteiger partial charge in [-0.3, -0.25) is 4.79 Å². The highest BCUT2D eigenvalue weighted by molar-refractivity contribution is 7.99. The van der Waals surface area contributed by atoms with Crippen molar-refractivity contribution in [3.8, 4) is 16.9 Å². The van der Waals surface area contributed by atoms with Crippen molar-refractivity contribution < 1.29 is 4.79 Å². The maximum Gasteiger partial charge on any atom is 0.155 e. The van der Waals surface area contributed by atoms with Crippen molar-refractivity contribution in [1.29, 1.82) is 0 Å². The number of aryl methyl sites for hydroxylation is 1. The van der Waals surface area contributed by atoms with Crippen LogP contribution in [0.4, 0.5) is 0 Å². The van der Waals surface area contributed by atoms with E-state index in [9.17, 15) is 4.79 Å². The number of carbonyl (C=O) groups is 1. The lowest BCUT2D eigenvalue weighted by Crippen LogP contribution is -1.98. The van der Waals surface area contributed by atoms with Gasteiger partial charge in [-0.1, -0.05) is 78.0 Å². The van der Waals surface area contributed by atoms with E-state index in [0.717, 1.165) is 27.5 Å². The van der Waals surface area contributed by atoms with E-state index in [-0.39, 0.29) is 0 Å². The molecule has 0 aliphatic carbocycles. The van der Waals surface area contributed by atoms with Crippen LogP contribution in [-0.4, -0.2) is 16.1 Å². The van der Waals surface area contributed by atoms with Gasteiger partial charge in [0, 0.05) is 10.5 Å². The molecule has 0 bridgehead atoms. The highest BCUT2D eigenvalue weighted by Crippen LogP contribution is 2.36. The molecule has 27 heavy (non-hydrogen) atoms. The van der Waals surface area contributed by atoms with Gasteiger partial charge in [0.2, 0.25) is 0 Å². The standard InChI is InChI=1S/C23H18N2OS/c1-17-12-14-20(15-13-17)27-23-21(16-26)22(18-8-4-2-5-9-18)24-25(23)19-10-6-3-7-11-19/h2-16H,1H3. The minimum atomic E-state index is 0.607. The zero-order valence-corrected chi connectivity index (χ0v) is 15.7. The quantitative estimate of drug-likeness (QED) is 0.416. The molecule has 3 aromatic carbocycles. The molecule has 0 spiro atoms. The predicted molar refractivity (Wildman–Crippen MR) is 110 cm³/mol. The van der Waals surface area contributed by atoms with Crippen molar-refractivity contribution in [1.82, 2.24) is 9.78 Å². The summed E-state index contributed by atoms with van der Waals surface area (Å²) in [4.78, 5) is 13.1. The summed E-state index contributed by atoms with van der Waals surface area (Å²) < 4.78 is 1.86. The SMILES string of the molecule is Cc1ccc(Sc2c(C=O)c(-c3ccccc3)nn2-c2ccccc2)cc1. The summed E-state index contributed by atoms with van der Waals surface area (Å²) in [6, 6.07) is 28.0. The Morgan fingerprint density at radius 2 is 1.48 bits per heavy atom. The van der Waals surface area contributed by atoms with Crippen LogP contribution in [0.15, 0.2) is 94.9 Å². The molecule has 0 saturated carbocycles. The van der Waals surface area contributed by atoms with Crippen molar-refractivity contribution >= 4 is 18.0 Å². The van der Waals surface area contributed by atoms with E-state index >= 15 is 0 Å². The van der Waals surface area contributed by atoms with Gasteiger partial charge in [-0.2, -0.15) is 5.10 Å². The summed E-state index contributed by atoms with van der Waals surface area (Å²) in [7, 11) is 0. The Morgan fingerprint density at radius 3 is 2.11 bits per heavy atom. The minimum Gasteiger partial charge on any atom is -0.298 e. The van der Waals surface area contributed by atoms with Crippen LogP contribution in [0.5, 0.6) is 0 Å². The highest BCUT2D eigenvalue weighted by Gasteiger charge is 2.20. The first-order valence-electron chi connectivity index (χ1n) is 8.70. The molecule has 0 saturated heterocycles. The number of nitrogens with zero attached hydrogens (tertiary/aromatic N) is 2. The lowest BCUT2D eigenvalue weighted by atomic mass is 10.1. The van der Waals surface area contributed by atoms with E-state index in [2.05, 4.69) is 31.2 Å². The van der Waals surface area contributed by atoms with Crippen LogP contribution in [0.3, 0.4) is 0 Å². The average Bonchev–Trinajstić information content (AvgIpc) is 3.09. The van der Waals surface area contributed by atoms with E-state index in [0.29, 0.717) is 11.3 Å². The predicted octanol–water partition coefficient (Wildman–Crippen LogP) is 5.81. The Morgan fingerprint density at radius 1 is 0.852 bits per heavy atom. The summed E-state index contributed by atoms with van der Waals surface area (Å²) in [5.41, 5.74) is 4.37. The molecule has 0 unspecified atom stereocenters. The zero-order valence-electron chi connectivity index (χ0n) is 14.9. The van der Waals surface area contributed by atoms with Crippen LogP contribution < -0.4 is 0 Å². The molecule has 0 amide bonds. The third-order valence-electron chi connectivity index (χ3n) is 4.28. The molecule has 0 N–H and O–H groups in total. The summed E-state index contributed by atoms with van der Waals surface area (Å²) in [5, 5.41) is 5.62. The number of para-hydroxylation sites is 1. The number of benzene rings is 3. The molecule has 4 heteroatoms. The van der Waals surface area contributed by atoms with Crippen LogP contribution in [-0.2, 0) is 0 Å². The van der Waals surface area contributed by atoms with E-state index in [4.69, 9.17) is 5.10 Å². The second kappa shape index (κ2) is 7.64. The van der Waals surface area contributed by atoms with Crippen LogP contribution in [0.1, 0.15) is 15.9 Å². The lowest BCUT2D eigenvalue weighted by Gasteiger charge is -2.08. The van der Waals surface area contributed by atoms with Gasteiger partial charge in [0.25, 0.3) is 0 Å². The second-order valence-corrected chi connectivity index (χ2v) is 7.28. The first-order valence-corrected chi connectivity index (χ1v) is 9.51. The van der Waals surface area contributed by atoms with Crippen LogP contribution in [0, 0.1) is 6.92 Å². The normalized spacial score (nSPS) is 10.7. The van der Waals surface area contributed by atoms with E-state index in [1.54, 1.807) is 11.8 Å². The molecule has 0 radical (unpaired) electrons. The molecule has 132 valence electrons. The molecule has 4 rings (SSSR count). The molecule has 4 aromatic rings. The van der Waals surface area contributed by atoms with Crippen molar-refractivity contribution in [2.45, 2.75) is 16.8 Å². The fraction of sp³-hybridized carbons (Fsp3) is 0.0435. The first kappa shape index (κ1) is 17.3. The fourth-order valence-electron chi connectivity index (χ4n) is 2.89. The number of aldehydes is 1. The monoisotopic (exact) mass is 370 g/mol. The van der Waals surface area contributed by atoms with Crippen LogP contribution in [0.25, 0.3) is 16.9 Å². The topological polar surface area (TPSA) is 34.9 Å². The van der Waals surface area contributed by atoms with Gasteiger partial charge in [-0.25, -0.2) is 4.68 Å². The Balaban J connectivity index is 1.90. The third-order valence-corrected chi connectivity index (χ3v) is 5.37. The van der Waals surface area contributed by atoms with Gasteiger partial charge >= 0.3 is 0 Å². The first-order chi connectivity index (χ1) is 13.3. The molecule has 1 aromatic heterocycles. The maximum atomic E-state index is 12.0. The number of hydrogen-bond donors (Lipinski definition) is 0. The third kappa shape index (κ3) is 3.57. The van der Waals surface area contributed by atoms with Crippen molar-refractivity contribution in [2.75, 3.05) is 0 Å². The maximum absolute atomic E-state index is 12.0. The van der Waals surface area contributed by atoms with Gasteiger partial charge in [-0.05, 0) is 31.2 Å². The van der Waals surface area contributed by atoms with E-state index < -0.39 is 0 Å². The molecule has 3 nitrogen and oxygen atoms in total. The number of rotatable bonds is 5. The van der Waals surface area contributed by atoms with Gasteiger partial charge in [0.1, 0.15) is 10.7 Å². The fourth-order valence-corrected chi connectivity index (χ4v) is 3.87. The molecular weight excluding hydrogens is 352 g/mol. The summed E-state index contributed by atoms with van der Waals surface area (Å²) in [6.07, 6.45) is 0.908. The van der Waals surface area contributed by atoms with Crippen molar-refractivity contribution in [3.63, 3.8) is 0 Å². The van der Waals surface area contributed by atoms with Gasteiger partial charge < -0.3 is 0 Å². The van der Waals surface area contributed by atoms with Gasteiger partial charge in [-0.15, -0.1) is 0 Å². The van der Waals surface area contributed by atoms with Crippen LogP contribution >= 0.6 is 11.8 Å². The van der Waals surface area contributed by atoms with Crippen molar-refractivity contribution in [3.05, 3.63) is 96.1 Å². The van der Waals surface area contributed by atoms with E-state index in [1.807, 2.05) is 65.3 Å². The van der Waals surface area contributed by atoms with Gasteiger partial charge in [0.05, 0.1) is 11.3 Å². The number of aromatic nitrogens is 2. The Hall–Kier alpha value is -3.11. The van der Waals surface area contributed by atoms with Crippen molar-refractivity contribution in [2.24, 2.45) is 0 Å². The second-order valence-electron chi connectivity index (χ2n) is 6.21. The molecule has 1 heterocycles. The smallest absolute Gasteiger partial charge is 0.155 e. The molecule has 0 aliphatic heterocycles. The molecular formula is C23H18N2OS. The zero-order chi connectivity index (χ0) is 18.6. The molecule has 0 atom stereocenters. The lowest BCUT2D eigenvalue weighted by molar-refractivity contribution is 0.112. The summed E-state index contributed by atoms with van der Waals surface area (Å²) >= 11 is 1.55. The largest absolute Gasteiger partial charge is 0.298 e. The van der Waals surface area contributed by atoms with E-state index in [1.165, 1.54) is 5.56 Å². The van der Waals surface area contributed by atoms with Gasteiger partial charge in [0.15, 0.2) is 6.29 Å². The Bertz CT molecular complexity index is 1060. The number of carbonyl (C=O) groups excluding carboxylic acids is 1. The highest BCUT2D eigenvalue weighted by atomic mass is 32.2. The average molecular weight is 370 g/mol. The summed E-state index contributed by atoms with van der Waals surface area (Å²) in [6.45, 7) is 2.06. The Labute approximate surface area is 162 Å².